The number of hydrogen-bond acceptors (Lipinski definition) is 5. The van der Waals surface area contributed by atoms with E-state index in [1.54, 1.807) is 17.7 Å². The van der Waals surface area contributed by atoms with E-state index in [4.69, 9.17) is 9.72 Å². The predicted molar refractivity (Wildman–Crippen MR) is 127 cm³/mol. The van der Waals surface area contributed by atoms with Crippen LogP contribution in [0.4, 0.5) is 0 Å². The normalized spacial score (nSPS) is 12.4. The lowest BCUT2D eigenvalue weighted by Crippen LogP contribution is -2.42. The van der Waals surface area contributed by atoms with Crippen LogP contribution in [0.1, 0.15) is 32.6 Å². The Morgan fingerprint density at radius 1 is 1.03 bits per heavy atom. The fourth-order valence-electron chi connectivity index (χ4n) is 3.68. The van der Waals surface area contributed by atoms with Gasteiger partial charge in [-0.05, 0) is 57.4 Å². The maximum absolute atomic E-state index is 13.6. The monoisotopic (exact) mass is 436 g/mol. The van der Waals surface area contributed by atoms with Gasteiger partial charge in [-0.1, -0.05) is 26.0 Å². The maximum Gasteiger partial charge on any atom is 0.266 e. The number of carbonyl (C=O) groups excluding carboxylic acids is 1. The molecule has 1 heterocycles. The average Bonchev–Trinajstić information content (AvgIpc) is 2.78. The first-order chi connectivity index (χ1) is 15.2. The second-order valence-corrected chi connectivity index (χ2v) is 8.49. The van der Waals surface area contributed by atoms with Crippen molar-refractivity contribution in [3.63, 3.8) is 0 Å². The van der Waals surface area contributed by atoms with Crippen molar-refractivity contribution < 1.29 is 9.53 Å². The van der Waals surface area contributed by atoms with E-state index in [9.17, 15) is 9.59 Å². The number of benzene rings is 2. The van der Waals surface area contributed by atoms with E-state index in [0.717, 1.165) is 0 Å². The standard InChI is InChI=1S/C25H32N4O3/c1-17(2)24(30)28(16-15-27(4)5)18(3)23-26-22-10-8-7-9-21(22)25(31)29(23)19-11-13-20(32-6)14-12-19/h7-14,17-18H,15-16H2,1-6H3. The van der Waals surface area contributed by atoms with Crippen LogP contribution in [0.3, 0.4) is 0 Å². The Kier molecular flexibility index (Phi) is 7.30. The number of amides is 1. The Morgan fingerprint density at radius 3 is 2.28 bits per heavy atom. The summed E-state index contributed by atoms with van der Waals surface area (Å²) in [7, 11) is 5.56. The van der Waals surface area contributed by atoms with Crippen molar-refractivity contribution in [3.05, 3.63) is 64.7 Å². The molecule has 1 aromatic heterocycles. The molecule has 0 N–H and O–H groups in total. The molecule has 0 aliphatic rings. The first-order valence-electron chi connectivity index (χ1n) is 10.9. The zero-order valence-corrected chi connectivity index (χ0v) is 19.7. The summed E-state index contributed by atoms with van der Waals surface area (Å²) in [5.41, 5.74) is 1.14. The van der Waals surface area contributed by atoms with Crippen LogP contribution in [-0.4, -0.2) is 59.6 Å². The Bertz CT molecular complexity index is 1140. The van der Waals surface area contributed by atoms with Crippen LogP contribution in [0.25, 0.3) is 16.6 Å². The highest BCUT2D eigenvalue weighted by atomic mass is 16.5. The van der Waals surface area contributed by atoms with Gasteiger partial charge in [0.15, 0.2) is 0 Å². The molecular formula is C25H32N4O3. The Labute approximate surface area is 189 Å². The van der Waals surface area contributed by atoms with E-state index in [1.807, 2.05) is 87.1 Å². The molecule has 7 nitrogen and oxygen atoms in total. The molecule has 0 saturated carbocycles. The minimum Gasteiger partial charge on any atom is -0.497 e. The topological polar surface area (TPSA) is 67.7 Å². The molecule has 0 radical (unpaired) electrons. The van der Waals surface area contributed by atoms with Crippen LogP contribution in [0.15, 0.2) is 53.3 Å². The summed E-state index contributed by atoms with van der Waals surface area (Å²) in [6, 6.07) is 14.2. The summed E-state index contributed by atoms with van der Waals surface area (Å²) in [6.45, 7) is 6.97. The zero-order valence-electron chi connectivity index (χ0n) is 19.7. The first-order valence-corrected chi connectivity index (χ1v) is 10.9. The molecule has 1 unspecified atom stereocenters. The van der Waals surface area contributed by atoms with Crippen LogP contribution < -0.4 is 10.3 Å². The molecule has 0 spiro atoms. The van der Waals surface area contributed by atoms with Gasteiger partial charge < -0.3 is 14.5 Å². The molecule has 1 amide bonds. The molecule has 1 atom stereocenters. The van der Waals surface area contributed by atoms with Crippen LogP contribution in [0, 0.1) is 5.92 Å². The minimum atomic E-state index is -0.399. The predicted octanol–water partition coefficient (Wildman–Crippen LogP) is 3.50. The van der Waals surface area contributed by atoms with Crippen molar-refractivity contribution in [2.45, 2.75) is 26.8 Å². The second kappa shape index (κ2) is 9.96. The quantitative estimate of drug-likeness (QED) is 0.541. The highest BCUT2D eigenvalue weighted by molar-refractivity contribution is 5.79. The van der Waals surface area contributed by atoms with Crippen molar-refractivity contribution in [2.24, 2.45) is 5.92 Å². The van der Waals surface area contributed by atoms with E-state index in [0.29, 0.717) is 41.3 Å². The number of methoxy groups -OCH3 is 1. The third kappa shape index (κ3) is 4.83. The van der Waals surface area contributed by atoms with Gasteiger partial charge in [0.1, 0.15) is 11.6 Å². The smallest absolute Gasteiger partial charge is 0.266 e. The Balaban J connectivity index is 2.21. The second-order valence-electron chi connectivity index (χ2n) is 8.49. The molecule has 0 aliphatic heterocycles. The third-order valence-corrected chi connectivity index (χ3v) is 5.54. The van der Waals surface area contributed by atoms with Crippen LogP contribution in [0.5, 0.6) is 5.75 Å². The van der Waals surface area contributed by atoms with Gasteiger partial charge in [-0.3, -0.25) is 14.2 Å². The van der Waals surface area contributed by atoms with Crippen molar-refractivity contribution in [2.75, 3.05) is 34.3 Å². The van der Waals surface area contributed by atoms with E-state index in [-0.39, 0.29) is 17.4 Å². The van der Waals surface area contributed by atoms with Crippen molar-refractivity contribution in [1.29, 1.82) is 0 Å². The third-order valence-electron chi connectivity index (χ3n) is 5.54. The molecule has 170 valence electrons. The van der Waals surface area contributed by atoms with Crippen LogP contribution >= 0.6 is 0 Å². The number of hydrogen-bond donors (Lipinski definition) is 0. The van der Waals surface area contributed by atoms with Crippen LogP contribution in [-0.2, 0) is 4.79 Å². The number of fused-ring (bicyclic) bond motifs is 1. The lowest BCUT2D eigenvalue weighted by atomic mass is 10.1. The summed E-state index contributed by atoms with van der Waals surface area (Å²) in [6.07, 6.45) is 0. The fraction of sp³-hybridized carbons (Fsp3) is 0.400. The summed E-state index contributed by atoms with van der Waals surface area (Å²) in [4.78, 5) is 35.4. The zero-order chi connectivity index (χ0) is 23.4. The number of nitrogens with zero attached hydrogens (tertiary/aromatic N) is 4. The SMILES string of the molecule is COc1ccc(-n2c(C(C)N(CCN(C)C)C(=O)C(C)C)nc3ccccc3c2=O)cc1. The van der Waals surface area contributed by atoms with Gasteiger partial charge in [0, 0.05) is 19.0 Å². The van der Waals surface area contributed by atoms with E-state index in [1.165, 1.54) is 0 Å². The van der Waals surface area contributed by atoms with Gasteiger partial charge in [-0.2, -0.15) is 0 Å². The molecule has 32 heavy (non-hydrogen) atoms. The molecular weight excluding hydrogens is 404 g/mol. The Hall–Kier alpha value is -3.19. The van der Waals surface area contributed by atoms with Crippen molar-refractivity contribution in [3.8, 4) is 11.4 Å². The van der Waals surface area contributed by atoms with Crippen molar-refractivity contribution in [1.82, 2.24) is 19.4 Å². The van der Waals surface area contributed by atoms with Crippen LogP contribution in [0.2, 0.25) is 0 Å². The average molecular weight is 437 g/mol. The van der Waals surface area contributed by atoms with Gasteiger partial charge >= 0.3 is 0 Å². The fourth-order valence-corrected chi connectivity index (χ4v) is 3.68. The van der Waals surface area contributed by atoms with E-state index < -0.39 is 6.04 Å². The summed E-state index contributed by atoms with van der Waals surface area (Å²) < 4.78 is 6.89. The number of rotatable bonds is 8. The van der Waals surface area contributed by atoms with Gasteiger partial charge in [0.05, 0.1) is 29.7 Å². The molecule has 0 fully saturated rings. The molecule has 2 aromatic carbocycles. The van der Waals surface area contributed by atoms with E-state index in [2.05, 4.69) is 0 Å². The highest BCUT2D eigenvalue weighted by Crippen LogP contribution is 2.25. The number of para-hydroxylation sites is 1. The lowest BCUT2D eigenvalue weighted by Gasteiger charge is -2.32. The number of ether oxygens (including phenoxy) is 1. The van der Waals surface area contributed by atoms with Gasteiger partial charge in [-0.25, -0.2) is 4.98 Å². The summed E-state index contributed by atoms with van der Waals surface area (Å²) >= 11 is 0. The molecule has 7 heteroatoms. The summed E-state index contributed by atoms with van der Waals surface area (Å²) in [5, 5.41) is 0.536. The van der Waals surface area contributed by atoms with E-state index >= 15 is 0 Å². The molecule has 3 rings (SSSR count). The Morgan fingerprint density at radius 2 is 1.69 bits per heavy atom. The largest absolute Gasteiger partial charge is 0.497 e. The number of aromatic nitrogens is 2. The number of likely N-dealkylation sites (N-methyl/N-ethyl adjacent to an activating group) is 1. The maximum atomic E-state index is 13.6. The van der Waals surface area contributed by atoms with Gasteiger partial charge in [0.2, 0.25) is 5.91 Å². The van der Waals surface area contributed by atoms with Gasteiger partial charge in [0.25, 0.3) is 5.56 Å². The molecule has 0 bridgehead atoms. The molecule has 3 aromatic rings. The highest BCUT2D eigenvalue weighted by Gasteiger charge is 2.28. The minimum absolute atomic E-state index is 0.0306. The first kappa shape index (κ1) is 23.5. The van der Waals surface area contributed by atoms with Gasteiger partial charge in [-0.15, -0.1) is 0 Å². The molecule has 0 aliphatic carbocycles. The lowest BCUT2D eigenvalue weighted by molar-refractivity contribution is -0.137. The molecule has 0 saturated heterocycles. The number of carbonyl (C=O) groups is 1. The van der Waals surface area contributed by atoms with Crippen molar-refractivity contribution >= 4 is 16.8 Å². The summed E-state index contributed by atoms with van der Waals surface area (Å²) in [5.74, 6) is 1.10.